The van der Waals surface area contributed by atoms with Gasteiger partial charge in [0.25, 0.3) is 5.91 Å². The van der Waals surface area contributed by atoms with Crippen molar-refractivity contribution < 1.29 is 4.79 Å². The first kappa shape index (κ1) is 10.7. The van der Waals surface area contributed by atoms with Gasteiger partial charge in [-0.3, -0.25) is 9.78 Å². The van der Waals surface area contributed by atoms with Gasteiger partial charge in [-0.2, -0.15) is 5.10 Å². The van der Waals surface area contributed by atoms with E-state index in [9.17, 15) is 4.79 Å². The molecule has 2 heterocycles. The van der Waals surface area contributed by atoms with Gasteiger partial charge in [0.2, 0.25) is 0 Å². The molecule has 0 fully saturated rings. The molecule has 0 aliphatic carbocycles. The summed E-state index contributed by atoms with van der Waals surface area (Å²) in [6.45, 7) is 0. The summed E-state index contributed by atoms with van der Waals surface area (Å²) < 4.78 is 0. The number of aromatic nitrogens is 1. The summed E-state index contributed by atoms with van der Waals surface area (Å²) in [4.78, 5) is 16.2. The van der Waals surface area contributed by atoms with E-state index in [0.717, 1.165) is 11.3 Å². The second-order valence-corrected chi connectivity index (χ2v) is 4.03. The first-order valence-electron chi connectivity index (χ1n) is 5.70. The minimum atomic E-state index is -0.374. The van der Waals surface area contributed by atoms with Crippen LogP contribution in [0, 0.1) is 0 Å². The van der Waals surface area contributed by atoms with Crippen molar-refractivity contribution in [3.05, 3.63) is 66.0 Å². The number of nitrogens with zero attached hydrogens (tertiary/aromatic N) is 2. The molecule has 4 heteroatoms. The van der Waals surface area contributed by atoms with Crippen molar-refractivity contribution in [2.45, 2.75) is 5.92 Å². The molecular formula is C14H11N3O. The van der Waals surface area contributed by atoms with E-state index in [0.29, 0.717) is 5.71 Å². The molecule has 3 rings (SSSR count). The third kappa shape index (κ3) is 1.78. The maximum absolute atomic E-state index is 11.9. The molecule has 0 saturated carbocycles. The third-order valence-electron chi connectivity index (χ3n) is 2.88. The van der Waals surface area contributed by atoms with Crippen LogP contribution in [0.2, 0.25) is 0 Å². The van der Waals surface area contributed by atoms with Crippen molar-refractivity contribution >= 4 is 11.6 Å². The number of nitrogens with one attached hydrogen (secondary N) is 1. The summed E-state index contributed by atoms with van der Waals surface area (Å²) in [5, 5.41) is 4.10. The smallest absolute Gasteiger partial charge is 0.253 e. The van der Waals surface area contributed by atoms with Gasteiger partial charge in [0.1, 0.15) is 11.6 Å². The van der Waals surface area contributed by atoms with Gasteiger partial charge >= 0.3 is 0 Å². The Morgan fingerprint density at radius 1 is 1.00 bits per heavy atom. The molecule has 1 unspecified atom stereocenters. The van der Waals surface area contributed by atoms with Crippen molar-refractivity contribution in [1.82, 2.24) is 10.4 Å². The van der Waals surface area contributed by atoms with Crippen LogP contribution >= 0.6 is 0 Å². The molecule has 4 nitrogen and oxygen atoms in total. The van der Waals surface area contributed by atoms with E-state index in [-0.39, 0.29) is 11.8 Å². The first-order chi connectivity index (χ1) is 8.86. The lowest BCUT2D eigenvalue weighted by Gasteiger charge is -2.10. The Labute approximate surface area is 104 Å². The molecule has 1 N–H and O–H groups in total. The number of hydrogen-bond donors (Lipinski definition) is 1. The Balaban J connectivity index is 2.03. The maximum atomic E-state index is 11.9. The highest BCUT2D eigenvalue weighted by Gasteiger charge is 2.32. The number of hydrazone groups is 1. The second kappa shape index (κ2) is 4.41. The van der Waals surface area contributed by atoms with Crippen molar-refractivity contribution in [2.24, 2.45) is 5.10 Å². The Kier molecular flexibility index (Phi) is 2.61. The molecule has 0 radical (unpaired) electrons. The first-order valence-corrected chi connectivity index (χ1v) is 5.70. The molecule has 88 valence electrons. The lowest BCUT2D eigenvalue weighted by Crippen LogP contribution is -2.22. The van der Waals surface area contributed by atoms with Crippen LogP contribution in [-0.4, -0.2) is 16.6 Å². The highest BCUT2D eigenvalue weighted by atomic mass is 16.2. The Bertz CT molecular complexity index is 593. The van der Waals surface area contributed by atoms with Crippen LogP contribution in [-0.2, 0) is 4.79 Å². The normalized spacial score (nSPS) is 18.3. The second-order valence-electron chi connectivity index (χ2n) is 4.03. The summed E-state index contributed by atoms with van der Waals surface area (Å²) >= 11 is 0. The molecule has 2 aromatic rings. The molecule has 1 aromatic heterocycles. The number of carbonyl (C=O) groups excluding carboxylic acids is 1. The molecular weight excluding hydrogens is 226 g/mol. The van der Waals surface area contributed by atoms with E-state index in [1.807, 2.05) is 48.5 Å². The van der Waals surface area contributed by atoms with Crippen molar-refractivity contribution in [2.75, 3.05) is 0 Å². The van der Waals surface area contributed by atoms with E-state index in [1.54, 1.807) is 6.20 Å². The minimum absolute atomic E-state index is 0.109. The van der Waals surface area contributed by atoms with Gasteiger partial charge in [-0.15, -0.1) is 0 Å². The van der Waals surface area contributed by atoms with Gasteiger partial charge in [0, 0.05) is 6.20 Å². The lowest BCUT2D eigenvalue weighted by molar-refractivity contribution is -0.120. The average molecular weight is 237 g/mol. The highest BCUT2D eigenvalue weighted by Crippen LogP contribution is 2.24. The maximum Gasteiger partial charge on any atom is 0.253 e. The molecule has 0 spiro atoms. The number of hydrogen-bond acceptors (Lipinski definition) is 3. The molecule has 0 bridgehead atoms. The van der Waals surface area contributed by atoms with Crippen LogP contribution in [0.5, 0.6) is 0 Å². The molecule has 1 amide bonds. The lowest BCUT2D eigenvalue weighted by atomic mass is 9.92. The Morgan fingerprint density at radius 2 is 1.78 bits per heavy atom. The van der Waals surface area contributed by atoms with E-state index >= 15 is 0 Å². The van der Waals surface area contributed by atoms with Gasteiger partial charge in [-0.05, 0) is 17.7 Å². The predicted octanol–water partition coefficient (Wildman–Crippen LogP) is 1.70. The van der Waals surface area contributed by atoms with Crippen molar-refractivity contribution in [3.63, 3.8) is 0 Å². The fraction of sp³-hybridized carbons (Fsp3) is 0.0714. The van der Waals surface area contributed by atoms with Crippen LogP contribution in [0.4, 0.5) is 0 Å². The minimum Gasteiger partial charge on any atom is -0.272 e. The zero-order valence-electron chi connectivity index (χ0n) is 9.58. The van der Waals surface area contributed by atoms with Crippen LogP contribution in [0.15, 0.2) is 59.8 Å². The standard InChI is InChI=1S/C14H11N3O/c18-14-12(10-6-2-1-3-7-10)13(16-17-14)11-8-4-5-9-15-11/h1-9,12H,(H,17,18). The van der Waals surface area contributed by atoms with Gasteiger partial charge in [-0.25, -0.2) is 5.43 Å². The SMILES string of the molecule is O=C1NN=C(c2ccccn2)C1c1ccccc1. The molecule has 0 saturated heterocycles. The van der Waals surface area contributed by atoms with Crippen molar-refractivity contribution in [3.8, 4) is 0 Å². The van der Waals surface area contributed by atoms with E-state index in [1.165, 1.54) is 0 Å². The third-order valence-corrected chi connectivity index (χ3v) is 2.88. The van der Waals surface area contributed by atoms with E-state index in [2.05, 4.69) is 15.5 Å². The van der Waals surface area contributed by atoms with Crippen LogP contribution < -0.4 is 5.43 Å². The zero-order valence-corrected chi connectivity index (χ0v) is 9.58. The van der Waals surface area contributed by atoms with Crippen LogP contribution in [0.25, 0.3) is 0 Å². The summed E-state index contributed by atoms with van der Waals surface area (Å²) in [7, 11) is 0. The number of benzene rings is 1. The number of amides is 1. The summed E-state index contributed by atoms with van der Waals surface area (Å²) in [5.74, 6) is -0.483. The zero-order chi connectivity index (χ0) is 12.4. The van der Waals surface area contributed by atoms with Crippen LogP contribution in [0.3, 0.4) is 0 Å². The number of carbonyl (C=O) groups is 1. The summed E-state index contributed by atoms with van der Waals surface area (Å²) in [5.41, 5.74) is 4.85. The fourth-order valence-electron chi connectivity index (χ4n) is 2.04. The molecule has 18 heavy (non-hydrogen) atoms. The highest BCUT2D eigenvalue weighted by molar-refractivity contribution is 6.19. The van der Waals surface area contributed by atoms with Gasteiger partial charge in [-0.1, -0.05) is 36.4 Å². The summed E-state index contributed by atoms with van der Waals surface area (Å²) in [6.07, 6.45) is 1.70. The van der Waals surface area contributed by atoms with Gasteiger partial charge in [0.15, 0.2) is 0 Å². The average Bonchev–Trinajstić information content (AvgIpc) is 2.83. The fourth-order valence-corrected chi connectivity index (χ4v) is 2.04. The topological polar surface area (TPSA) is 54.4 Å². The number of rotatable bonds is 2. The van der Waals surface area contributed by atoms with Gasteiger partial charge in [0.05, 0.1) is 5.69 Å². The van der Waals surface area contributed by atoms with Crippen LogP contribution in [0.1, 0.15) is 17.2 Å². The van der Waals surface area contributed by atoms with E-state index in [4.69, 9.17) is 0 Å². The van der Waals surface area contributed by atoms with Gasteiger partial charge < -0.3 is 0 Å². The summed E-state index contributed by atoms with van der Waals surface area (Å²) in [6, 6.07) is 15.2. The molecule has 1 aliphatic heterocycles. The predicted molar refractivity (Wildman–Crippen MR) is 68.1 cm³/mol. The van der Waals surface area contributed by atoms with Crippen molar-refractivity contribution in [1.29, 1.82) is 0 Å². The molecule has 1 aliphatic rings. The Morgan fingerprint density at radius 3 is 2.50 bits per heavy atom. The quantitative estimate of drug-likeness (QED) is 0.864. The molecule has 1 aromatic carbocycles. The van der Waals surface area contributed by atoms with E-state index < -0.39 is 0 Å². The largest absolute Gasteiger partial charge is 0.272 e. The Hall–Kier alpha value is -2.49. The monoisotopic (exact) mass is 237 g/mol. The molecule has 1 atom stereocenters. The number of pyridine rings is 1.